The van der Waals surface area contributed by atoms with E-state index in [4.69, 9.17) is 23.7 Å². The van der Waals surface area contributed by atoms with Crippen molar-refractivity contribution in [1.82, 2.24) is 15.1 Å². The third-order valence-electron chi connectivity index (χ3n) is 3.88. The zero-order valence-corrected chi connectivity index (χ0v) is 13.0. The van der Waals surface area contributed by atoms with Crippen LogP contribution in [-0.4, -0.2) is 64.5 Å². The summed E-state index contributed by atoms with van der Waals surface area (Å²) in [5, 5.41) is 2.10. The SMILES string of the molecule is CC(C(=O)NC(N)=O)N1CCN(C(C)(C)C(N)=S)CC1. The predicted molar refractivity (Wildman–Crippen MR) is 81.2 cm³/mol. The largest absolute Gasteiger partial charge is 0.392 e. The Kier molecular flexibility index (Phi) is 5.43. The maximum atomic E-state index is 11.7. The summed E-state index contributed by atoms with van der Waals surface area (Å²) >= 11 is 5.09. The Morgan fingerprint density at radius 3 is 2.10 bits per heavy atom. The monoisotopic (exact) mass is 301 g/mol. The van der Waals surface area contributed by atoms with Gasteiger partial charge in [0.2, 0.25) is 5.91 Å². The van der Waals surface area contributed by atoms with E-state index in [2.05, 4.69) is 10.2 Å². The number of carbonyl (C=O) groups excluding carboxylic acids is 2. The van der Waals surface area contributed by atoms with Crippen LogP contribution >= 0.6 is 12.2 Å². The molecule has 1 saturated heterocycles. The molecule has 1 aliphatic heterocycles. The molecule has 0 aromatic heterocycles. The number of amides is 3. The van der Waals surface area contributed by atoms with Gasteiger partial charge in [0, 0.05) is 26.2 Å². The Bertz CT molecular complexity index is 405. The molecule has 0 aromatic rings. The summed E-state index contributed by atoms with van der Waals surface area (Å²) in [6.45, 7) is 8.69. The highest BCUT2D eigenvalue weighted by atomic mass is 32.1. The zero-order valence-electron chi connectivity index (χ0n) is 12.2. The van der Waals surface area contributed by atoms with Gasteiger partial charge in [-0.1, -0.05) is 12.2 Å². The minimum atomic E-state index is -0.824. The van der Waals surface area contributed by atoms with E-state index in [-0.39, 0.29) is 11.4 Å². The van der Waals surface area contributed by atoms with Gasteiger partial charge in [-0.25, -0.2) is 4.79 Å². The summed E-state index contributed by atoms with van der Waals surface area (Å²) in [6.07, 6.45) is 0. The van der Waals surface area contributed by atoms with E-state index < -0.39 is 12.1 Å². The highest BCUT2D eigenvalue weighted by molar-refractivity contribution is 7.80. The average molecular weight is 301 g/mol. The molecule has 20 heavy (non-hydrogen) atoms. The van der Waals surface area contributed by atoms with Crippen molar-refractivity contribution in [3.63, 3.8) is 0 Å². The van der Waals surface area contributed by atoms with Gasteiger partial charge in [0.05, 0.1) is 16.6 Å². The molecule has 0 aliphatic carbocycles. The molecule has 1 heterocycles. The molecule has 0 aromatic carbocycles. The Balaban J connectivity index is 2.56. The number of rotatable bonds is 4. The first-order valence-corrected chi connectivity index (χ1v) is 6.96. The lowest BCUT2D eigenvalue weighted by Gasteiger charge is -2.44. The van der Waals surface area contributed by atoms with Crippen molar-refractivity contribution in [3.05, 3.63) is 0 Å². The number of thiocarbonyl (C=S) groups is 1. The van der Waals surface area contributed by atoms with Crippen molar-refractivity contribution < 1.29 is 9.59 Å². The summed E-state index contributed by atoms with van der Waals surface area (Å²) in [5.41, 5.74) is 10.4. The van der Waals surface area contributed by atoms with E-state index in [1.807, 2.05) is 18.7 Å². The van der Waals surface area contributed by atoms with Gasteiger partial charge in [-0.15, -0.1) is 0 Å². The minimum absolute atomic E-state index is 0.333. The second kappa shape index (κ2) is 6.47. The number of hydrogen-bond donors (Lipinski definition) is 3. The van der Waals surface area contributed by atoms with Crippen LogP contribution < -0.4 is 16.8 Å². The number of nitrogens with one attached hydrogen (secondary N) is 1. The van der Waals surface area contributed by atoms with Crippen molar-refractivity contribution in [2.75, 3.05) is 26.2 Å². The first kappa shape index (κ1) is 16.8. The first-order chi connectivity index (χ1) is 9.16. The number of urea groups is 1. The first-order valence-electron chi connectivity index (χ1n) is 6.55. The number of carbonyl (C=O) groups is 2. The summed E-state index contributed by atoms with van der Waals surface area (Å²) in [7, 11) is 0. The average Bonchev–Trinajstić information content (AvgIpc) is 2.37. The van der Waals surface area contributed by atoms with Gasteiger partial charge < -0.3 is 11.5 Å². The van der Waals surface area contributed by atoms with Crippen LogP contribution in [0.5, 0.6) is 0 Å². The molecule has 7 nitrogen and oxygen atoms in total. The molecule has 8 heteroatoms. The second-order valence-electron chi connectivity index (χ2n) is 5.48. The lowest BCUT2D eigenvalue weighted by atomic mass is 10.0. The van der Waals surface area contributed by atoms with Crippen LogP contribution in [0, 0.1) is 0 Å². The number of primary amides is 1. The quantitative estimate of drug-likeness (QED) is 0.590. The van der Waals surface area contributed by atoms with Crippen molar-refractivity contribution >= 4 is 29.1 Å². The highest BCUT2D eigenvalue weighted by Crippen LogP contribution is 2.18. The van der Waals surface area contributed by atoms with Crippen molar-refractivity contribution in [1.29, 1.82) is 0 Å². The van der Waals surface area contributed by atoms with Crippen LogP contribution in [0.3, 0.4) is 0 Å². The molecule has 1 atom stereocenters. The van der Waals surface area contributed by atoms with E-state index in [9.17, 15) is 9.59 Å². The molecule has 0 radical (unpaired) electrons. The van der Waals surface area contributed by atoms with Crippen LogP contribution in [-0.2, 0) is 4.79 Å². The zero-order chi connectivity index (χ0) is 15.5. The number of nitrogens with zero attached hydrogens (tertiary/aromatic N) is 2. The minimum Gasteiger partial charge on any atom is -0.392 e. The fraction of sp³-hybridized carbons (Fsp3) is 0.750. The van der Waals surface area contributed by atoms with E-state index in [0.717, 1.165) is 13.1 Å². The number of nitrogens with two attached hydrogens (primary N) is 2. The summed E-state index contributed by atoms with van der Waals surface area (Å²) in [5.74, 6) is -0.375. The van der Waals surface area contributed by atoms with E-state index >= 15 is 0 Å². The normalized spacial score (nSPS) is 19.4. The Morgan fingerprint density at radius 2 is 1.70 bits per heavy atom. The molecule has 1 fully saturated rings. The second-order valence-corrected chi connectivity index (χ2v) is 5.92. The van der Waals surface area contributed by atoms with Gasteiger partial charge in [-0.05, 0) is 20.8 Å². The topological polar surface area (TPSA) is 105 Å². The third kappa shape index (κ3) is 3.87. The van der Waals surface area contributed by atoms with Gasteiger partial charge in [0.1, 0.15) is 0 Å². The molecule has 114 valence electrons. The molecular weight excluding hydrogens is 278 g/mol. The maximum Gasteiger partial charge on any atom is 0.318 e. The molecule has 0 spiro atoms. The van der Waals surface area contributed by atoms with Gasteiger partial charge >= 0.3 is 6.03 Å². The molecular formula is C12H23N5O2S. The standard InChI is InChI=1S/C12H23N5O2S/c1-8(9(18)15-11(14)19)16-4-6-17(7-5-16)12(2,3)10(13)20/h8H,4-7H2,1-3H3,(H2,13,20)(H3,14,15,18,19). The molecule has 1 aliphatic rings. The highest BCUT2D eigenvalue weighted by Gasteiger charge is 2.34. The number of hydrogen-bond acceptors (Lipinski definition) is 5. The van der Waals surface area contributed by atoms with Crippen LogP contribution in [0.25, 0.3) is 0 Å². The van der Waals surface area contributed by atoms with Crippen LogP contribution in [0.2, 0.25) is 0 Å². The number of piperazine rings is 1. The number of imide groups is 1. The molecule has 0 bridgehead atoms. The molecule has 1 rings (SSSR count). The van der Waals surface area contributed by atoms with E-state index in [0.29, 0.717) is 18.1 Å². The summed E-state index contributed by atoms with van der Waals surface area (Å²) < 4.78 is 0. The fourth-order valence-electron chi connectivity index (χ4n) is 2.22. The van der Waals surface area contributed by atoms with Gasteiger partial charge in [0.25, 0.3) is 0 Å². The Morgan fingerprint density at radius 1 is 1.20 bits per heavy atom. The van der Waals surface area contributed by atoms with Crippen molar-refractivity contribution in [2.45, 2.75) is 32.4 Å². The van der Waals surface area contributed by atoms with E-state index in [1.54, 1.807) is 6.92 Å². The molecule has 0 saturated carbocycles. The third-order valence-corrected chi connectivity index (χ3v) is 4.38. The molecule has 1 unspecified atom stereocenters. The lowest BCUT2D eigenvalue weighted by Crippen LogP contribution is -2.61. The maximum absolute atomic E-state index is 11.7. The van der Waals surface area contributed by atoms with Crippen molar-refractivity contribution in [2.24, 2.45) is 11.5 Å². The van der Waals surface area contributed by atoms with Crippen molar-refractivity contribution in [3.8, 4) is 0 Å². The van der Waals surface area contributed by atoms with E-state index in [1.165, 1.54) is 0 Å². The predicted octanol–water partition coefficient (Wildman–Crippen LogP) is -0.748. The Hall–Kier alpha value is -1.25. The summed E-state index contributed by atoms with van der Waals surface area (Å²) in [6, 6.07) is -1.22. The van der Waals surface area contributed by atoms with Gasteiger partial charge in [-0.3, -0.25) is 19.9 Å². The molecule has 3 amide bonds. The molecule has 5 N–H and O–H groups in total. The summed E-state index contributed by atoms with van der Waals surface area (Å²) in [4.78, 5) is 27.1. The fourth-order valence-corrected chi connectivity index (χ4v) is 2.34. The Labute approximate surface area is 124 Å². The van der Waals surface area contributed by atoms with Crippen LogP contribution in [0.15, 0.2) is 0 Å². The van der Waals surface area contributed by atoms with Gasteiger partial charge in [-0.2, -0.15) is 0 Å². The van der Waals surface area contributed by atoms with Crippen LogP contribution in [0.4, 0.5) is 4.79 Å². The van der Waals surface area contributed by atoms with Crippen LogP contribution in [0.1, 0.15) is 20.8 Å². The smallest absolute Gasteiger partial charge is 0.318 e. The lowest BCUT2D eigenvalue weighted by molar-refractivity contribution is -0.125. The van der Waals surface area contributed by atoms with Gasteiger partial charge in [0.15, 0.2) is 0 Å².